The summed E-state index contributed by atoms with van der Waals surface area (Å²) in [4.78, 5) is 21.3. The zero-order chi connectivity index (χ0) is 15.9. The second kappa shape index (κ2) is 7.62. The Kier molecular flexibility index (Phi) is 6.15. The standard InChI is InChI=1S/C11H13F3N2O5/c12-11(13,14)9-7(6-15-16-10(9)19)21-5-4-20-3-1-2-8(17)18/h6H,1-5H2,(H,16,19)(H,17,18). The lowest BCUT2D eigenvalue weighted by Gasteiger charge is -2.12. The number of halogens is 3. The number of carboxylic acids is 1. The second-order valence-corrected chi connectivity index (χ2v) is 3.89. The molecule has 0 spiro atoms. The maximum Gasteiger partial charge on any atom is 0.425 e. The molecule has 0 aliphatic heterocycles. The van der Waals surface area contributed by atoms with E-state index in [4.69, 9.17) is 14.6 Å². The van der Waals surface area contributed by atoms with E-state index in [9.17, 15) is 22.8 Å². The highest BCUT2D eigenvalue weighted by molar-refractivity contribution is 5.66. The lowest BCUT2D eigenvalue weighted by Crippen LogP contribution is -2.24. The Hall–Kier alpha value is -2.10. The minimum absolute atomic E-state index is 0.0380. The summed E-state index contributed by atoms with van der Waals surface area (Å²) in [6.07, 6.45) is -3.87. The first-order valence-electron chi connectivity index (χ1n) is 5.89. The number of alkyl halides is 3. The van der Waals surface area contributed by atoms with E-state index in [0.717, 1.165) is 6.20 Å². The molecule has 0 bridgehead atoms. The molecule has 0 aliphatic carbocycles. The van der Waals surface area contributed by atoms with Crippen molar-refractivity contribution in [3.63, 3.8) is 0 Å². The van der Waals surface area contributed by atoms with Crippen LogP contribution in [-0.2, 0) is 15.7 Å². The number of ether oxygens (including phenoxy) is 2. The molecule has 0 atom stereocenters. The molecule has 0 aliphatic rings. The first-order chi connectivity index (χ1) is 9.82. The van der Waals surface area contributed by atoms with Crippen molar-refractivity contribution in [1.29, 1.82) is 0 Å². The third kappa shape index (κ3) is 5.81. The van der Waals surface area contributed by atoms with Gasteiger partial charge in [-0.25, -0.2) is 5.10 Å². The van der Waals surface area contributed by atoms with Gasteiger partial charge in [0.15, 0.2) is 11.3 Å². The summed E-state index contributed by atoms with van der Waals surface area (Å²) in [6, 6.07) is 0. The van der Waals surface area contributed by atoms with Gasteiger partial charge in [0.1, 0.15) is 6.61 Å². The number of nitrogens with one attached hydrogen (secondary N) is 1. The first kappa shape index (κ1) is 17.0. The van der Waals surface area contributed by atoms with Crippen molar-refractivity contribution in [2.75, 3.05) is 19.8 Å². The number of nitrogens with zero attached hydrogens (tertiary/aromatic N) is 1. The van der Waals surface area contributed by atoms with Gasteiger partial charge in [-0.15, -0.1) is 0 Å². The predicted octanol–water partition coefficient (Wildman–Crippen LogP) is 1.05. The Bertz CT molecular complexity index is 529. The fraction of sp³-hybridized carbons (Fsp3) is 0.545. The molecule has 1 aromatic heterocycles. The first-order valence-corrected chi connectivity index (χ1v) is 5.89. The molecular formula is C11H13F3N2O5. The third-order valence-electron chi connectivity index (χ3n) is 2.27. The van der Waals surface area contributed by atoms with Crippen LogP contribution in [0.5, 0.6) is 5.75 Å². The smallest absolute Gasteiger partial charge is 0.425 e. The highest BCUT2D eigenvalue weighted by Crippen LogP contribution is 2.32. The topological polar surface area (TPSA) is 102 Å². The molecule has 21 heavy (non-hydrogen) atoms. The van der Waals surface area contributed by atoms with Crippen molar-refractivity contribution in [1.82, 2.24) is 10.2 Å². The Morgan fingerprint density at radius 1 is 1.33 bits per heavy atom. The molecule has 0 saturated carbocycles. The molecule has 0 amide bonds. The van der Waals surface area contributed by atoms with Gasteiger partial charge in [-0.3, -0.25) is 9.59 Å². The van der Waals surface area contributed by atoms with Crippen LogP contribution >= 0.6 is 0 Å². The van der Waals surface area contributed by atoms with Crippen LogP contribution in [0.3, 0.4) is 0 Å². The molecule has 7 nitrogen and oxygen atoms in total. The number of rotatable bonds is 8. The Morgan fingerprint density at radius 2 is 2.05 bits per heavy atom. The largest absolute Gasteiger partial charge is 0.489 e. The quantitative estimate of drug-likeness (QED) is 0.696. The zero-order valence-electron chi connectivity index (χ0n) is 10.8. The van der Waals surface area contributed by atoms with Gasteiger partial charge in [0.05, 0.1) is 12.8 Å². The highest BCUT2D eigenvalue weighted by Gasteiger charge is 2.38. The minimum Gasteiger partial charge on any atom is -0.489 e. The highest BCUT2D eigenvalue weighted by atomic mass is 19.4. The van der Waals surface area contributed by atoms with E-state index in [-0.39, 0.29) is 32.7 Å². The number of carbonyl (C=O) groups is 1. The number of aromatic amines is 1. The average molecular weight is 310 g/mol. The molecule has 0 saturated heterocycles. The number of aliphatic carboxylic acids is 1. The lowest BCUT2D eigenvalue weighted by atomic mass is 10.3. The molecule has 2 N–H and O–H groups in total. The van der Waals surface area contributed by atoms with Crippen molar-refractivity contribution in [2.24, 2.45) is 0 Å². The molecule has 1 heterocycles. The van der Waals surface area contributed by atoms with Crippen LogP contribution in [0.25, 0.3) is 0 Å². The van der Waals surface area contributed by atoms with Crippen molar-refractivity contribution < 1.29 is 32.5 Å². The molecule has 0 radical (unpaired) electrons. The number of hydrogen-bond donors (Lipinski definition) is 2. The summed E-state index contributed by atoms with van der Waals surface area (Å²) in [7, 11) is 0. The van der Waals surface area contributed by atoms with Crippen LogP contribution in [0, 0.1) is 0 Å². The van der Waals surface area contributed by atoms with Gasteiger partial charge in [0.25, 0.3) is 5.56 Å². The van der Waals surface area contributed by atoms with Gasteiger partial charge in [-0.2, -0.15) is 18.3 Å². The summed E-state index contributed by atoms with van der Waals surface area (Å²) in [6.45, 7) is -0.111. The van der Waals surface area contributed by atoms with Crippen LogP contribution in [-0.4, -0.2) is 41.1 Å². The third-order valence-corrected chi connectivity index (χ3v) is 2.27. The molecule has 0 unspecified atom stereocenters. The van der Waals surface area contributed by atoms with Gasteiger partial charge in [0.2, 0.25) is 0 Å². The summed E-state index contributed by atoms with van der Waals surface area (Å²) >= 11 is 0. The fourth-order valence-electron chi connectivity index (χ4n) is 1.40. The minimum atomic E-state index is -4.85. The zero-order valence-corrected chi connectivity index (χ0v) is 10.8. The second-order valence-electron chi connectivity index (χ2n) is 3.89. The van der Waals surface area contributed by atoms with Crippen molar-refractivity contribution in [3.05, 3.63) is 22.1 Å². The van der Waals surface area contributed by atoms with Crippen molar-refractivity contribution >= 4 is 5.97 Å². The fourth-order valence-corrected chi connectivity index (χ4v) is 1.40. The predicted molar refractivity (Wildman–Crippen MR) is 63.0 cm³/mol. The van der Waals surface area contributed by atoms with Crippen molar-refractivity contribution in [2.45, 2.75) is 19.0 Å². The molecule has 1 aromatic rings. The number of hydrogen-bond acceptors (Lipinski definition) is 5. The number of carboxylic acid groups (broad SMARTS) is 1. The summed E-state index contributed by atoms with van der Waals surface area (Å²) in [5, 5.41) is 13.3. The summed E-state index contributed by atoms with van der Waals surface area (Å²) in [5.41, 5.74) is -2.84. The van der Waals surface area contributed by atoms with E-state index in [1.54, 1.807) is 5.10 Å². The lowest BCUT2D eigenvalue weighted by molar-refractivity contribution is -0.140. The van der Waals surface area contributed by atoms with Gasteiger partial charge in [-0.1, -0.05) is 0 Å². The van der Waals surface area contributed by atoms with Crippen LogP contribution < -0.4 is 10.3 Å². The van der Waals surface area contributed by atoms with Crippen LogP contribution in [0.2, 0.25) is 0 Å². The Labute approximate surface area is 116 Å². The number of aromatic nitrogens is 2. The van der Waals surface area contributed by atoms with E-state index in [1.807, 2.05) is 0 Å². The van der Waals surface area contributed by atoms with Crippen LogP contribution in [0.15, 0.2) is 11.0 Å². The molecule has 118 valence electrons. The normalized spacial score (nSPS) is 11.4. The van der Waals surface area contributed by atoms with Gasteiger partial charge < -0.3 is 14.6 Å². The molecule has 10 heteroatoms. The van der Waals surface area contributed by atoms with E-state index >= 15 is 0 Å². The maximum absolute atomic E-state index is 12.6. The van der Waals surface area contributed by atoms with Gasteiger partial charge in [-0.05, 0) is 6.42 Å². The van der Waals surface area contributed by atoms with E-state index in [2.05, 4.69) is 5.10 Å². The Balaban J connectivity index is 2.44. The number of H-pyrrole nitrogens is 1. The average Bonchev–Trinajstić information content (AvgIpc) is 2.35. The maximum atomic E-state index is 12.6. The van der Waals surface area contributed by atoms with Gasteiger partial charge >= 0.3 is 12.1 Å². The van der Waals surface area contributed by atoms with Crippen LogP contribution in [0.1, 0.15) is 18.4 Å². The molecule has 0 fully saturated rings. The van der Waals surface area contributed by atoms with Crippen molar-refractivity contribution in [3.8, 4) is 5.75 Å². The summed E-state index contributed by atoms with van der Waals surface area (Å²) in [5.74, 6) is -1.64. The molecular weight excluding hydrogens is 297 g/mol. The molecule has 1 rings (SSSR count). The van der Waals surface area contributed by atoms with E-state index in [1.165, 1.54) is 0 Å². The van der Waals surface area contributed by atoms with Crippen LogP contribution in [0.4, 0.5) is 13.2 Å². The van der Waals surface area contributed by atoms with E-state index < -0.39 is 29.0 Å². The molecule has 0 aromatic carbocycles. The Morgan fingerprint density at radius 3 is 2.67 bits per heavy atom. The monoisotopic (exact) mass is 310 g/mol. The summed E-state index contributed by atoms with van der Waals surface area (Å²) < 4.78 is 47.8. The SMILES string of the molecule is O=C(O)CCCOCCOc1cn[nH]c(=O)c1C(F)(F)F. The van der Waals surface area contributed by atoms with Gasteiger partial charge in [0, 0.05) is 13.0 Å². The van der Waals surface area contributed by atoms with E-state index in [0.29, 0.717) is 0 Å².